The molecule has 6 heteroatoms. The summed E-state index contributed by atoms with van der Waals surface area (Å²) in [5.41, 5.74) is 0.839. The molecule has 0 spiro atoms. The second-order valence-electron chi connectivity index (χ2n) is 5.94. The first-order valence-corrected chi connectivity index (χ1v) is 8.45. The SMILES string of the molecule is O=C(CCCNC(=O)NC1CCCCC1)NCc1ccccn1. The van der Waals surface area contributed by atoms with Crippen molar-refractivity contribution < 1.29 is 9.59 Å². The summed E-state index contributed by atoms with van der Waals surface area (Å²) in [4.78, 5) is 27.6. The van der Waals surface area contributed by atoms with E-state index in [1.807, 2.05) is 18.2 Å². The van der Waals surface area contributed by atoms with Crippen molar-refractivity contribution in [2.24, 2.45) is 0 Å². The third-order valence-corrected chi connectivity index (χ3v) is 4.00. The van der Waals surface area contributed by atoms with Crippen LogP contribution in [0.15, 0.2) is 24.4 Å². The number of hydrogen-bond acceptors (Lipinski definition) is 3. The van der Waals surface area contributed by atoms with Gasteiger partial charge in [-0.3, -0.25) is 9.78 Å². The molecular formula is C17H26N4O2. The number of nitrogens with zero attached hydrogens (tertiary/aromatic N) is 1. The summed E-state index contributed by atoms with van der Waals surface area (Å²) in [6.45, 7) is 0.949. The summed E-state index contributed by atoms with van der Waals surface area (Å²) in [6, 6.07) is 5.80. The maximum Gasteiger partial charge on any atom is 0.315 e. The van der Waals surface area contributed by atoms with Crippen molar-refractivity contribution in [1.82, 2.24) is 20.9 Å². The number of amides is 3. The van der Waals surface area contributed by atoms with Crippen LogP contribution in [-0.4, -0.2) is 29.5 Å². The average Bonchev–Trinajstić information content (AvgIpc) is 2.59. The van der Waals surface area contributed by atoms with Gasteiger partial charge in [-0.05, 0) is 31.4 Å². The van der Waals surface area contributed by atoms with Gasteiger partial charge >= 0.3 is 6.03 Å². The topological polar surface area (TPSA) is 83.1 Å². The number of carbonyl (C=O) groups excluding carboxylic acids is 2. The molecule has 3 amide bonds. The molecule has 1 aliphatic rings. The molecule has 0 saturated heterocycles. The number of aromatic nitrogens is 1. The minimum atomic E-state index is -0.120. The number of urea groups is 1. The number of nitrogens with one attached hydrogen (secondary N) is 3. The smallest absolute Gasteiger partial charge is 0.315 e. The molecule has 2 rings (SSSR count). The van der Waals surface area contributed by atoms with Gasteiger partial charge in [0.15, 0.2) is 0 Å². The van der Waals surface area contributed by atoms with Crippen molar-refractivity contribution in [2.75, 3.05) is 6.54 Å². The average molecular weight is 318 g/mol. The monoisotopic (exact) mass is 318 g/mol. The van der Waals surface area contributed by atoms with E-state index in [2.05, 4.69) is 20.9 Å². The zero-order valence-corrected chi connectivity index (χ0v) is 13.5. The Morgan fingerprint density at radius 1 is 1.13 bits per heavy atom. The third kappa shape index (κ3) is 7.13. The van der Waals surface area contributed by atoms with E-state index in [4.69, 9.17) is 0 Å². The van der Waals surface area contributed by atoms with E-state index >= 15 is 0 Å². The Balaban J connectivity index is 1.50. The Labute approximate surface area is 137 Å². The van der Waals surface area contributed by atoms with E-state index in [1.165, 1.54) is 19.3 Å². The quantitative estimate of drug-likeness (QED) is 0.673. The van der Waals surface area contributed by atoms with Gasteiger partial charge in [-0.25, -0.2) is 4.79 Å². The normalized spacial score (nSPS) is 15.0. The lowest BCUT2D eigenvalue weighted by Gasteiger charge is -2.22. The first-order chi connectivity index (χ1) is 11.2. The lowest BCUT2D eigenvalue weighted by molar-refractivity contribution is -0.121. The van der Waals surface area contributed by atoms with E-state index in [0.717, 1.165) is 18.5 Å². The van der Waals surface area contributed by atoms with Crippen LogP contribution in [0, 0.1) is 0 Å². The lowest BCUT2D eigenvalue weighted by Crippen LogP contribution is -2.43. The molecule has 0 atom stereocenters. The van der Waals surface area contributed by atoms with E-state index in [1.54, 1.807) is 6.20 Å². The van der Waals surface area contributed by atoms with Crippen molar-refractivity contribution >= 4 is 11.9 Å². The van der Waals surface area contributed by atoms with Gasteiger partial charge in [0.25, 0.3) is 0 Å². The van der Waals surface area contributed by atoms with Gasteiger partial charge < -0.3 is 16.0 Å². The Morgan fingerprint density at radius 3 is 2.70 bits per heavy atom. The van der Waals surface area contributed by atoms with E-state index < -0.39 is 0 Å². The molecule has 1 aromatic heterocycles. The first kappa shape index (κ1) is 17.2. The van der Waals surface area contributed by atoms with Crippen LogP contribution in [0.3, 0.4) is 0 Å². The Kier molecular flexibility index (Phi) is 7.36. The predicted octanol–water partition coefficient (Wildman–Crippen LogP) is 2.11. The Hall–Kier alpha value is -2.11. The Bertz CT molecular complexity index is 487. The van der Waals surface area contributed by atoms with Crippen molar-refractivity contribution in [1.29, 1.82) is 0 Å². The lowest BCUT2D eigenvalue weighted by atomic mass is 9.96. The maximum absolute atomic E-state index is 11.7. The molecule has 1 fully saturated rings. The molecule has 1 heterocycles. The van der Waals surface area contributed by atoms with Crippen LogP contribution in [0.25, 0.3) is 0 Å². The molecule has 6 nitrogen and oxygen atoms in total. The number of hydrogen-bond donors (Lipinski definition) is 3. The molecule has 3 N–H and O–H groups in total. The molecule has 23 heavy (non-hydrogen) atoms. The Morgan fingerprint density at radius 2 is 1.96 bits per heavy atom. The summed E-state index contributed by atoms with van der Waals surface area (Å²) in [6.07, 6.45) is 8.54. The van der Waals surface area contributed by atoms with E-state index in [9.17, 15) is 9.59 Å². The van der Waals surface area contributed by atoms with Crippen LogP contribution in [0.4, 0.5) is 4.79 Å². The van der Waals surface area contributed by atoms with Crippen LogP contribution in [0.5, 0.6) is 0 Å². The van der Waals surface area contributed by atoms with Crippen molar-refractivity contribution in [3.05, 3.63) is 30.1 Å². The minimum absolute atomic E-state index is 0.0230. The van der Waals surface area contributed by atoms with Gasteiger partial charge in [0.1, 0.15) is 0 Å². The van der Waals surface area contributed by atoms with E-state index in [-0.39, 0.29) is 11.9 Å². The highest BCUT2D eigenvalue weighted by atomic mass is 16.2. The zero-order valence-electron chi connectivity index (χ0n) is 13.5. The molecular weight excluding hydrogens is 292 g/mol. The molecule has 1 aliphatic carbocycles. The van der Waals surface area contributed by atoms with Crippen LogP contribution in [0.2, 0.25) is 0 Å². The van der Waals surface area contributed by atoms with Gasteiger partial charge in [0.2, 0.25) is 5.91 Å². The maximum atomic E-state index is 11.7. The van der Waals surface area contributed by atoms with Crippen LogP contribution in [0.1, 0.15) is 50.6 Å². The standard InChI is InChI=1S/C17H26N4O2/c22-16(20-13-15-9-4-5-11-18-15)10-6-12-19-17(23)21-14-7-2-1-3-8-14/h4-5,9,11,14H,1-3,6-8,10,12-13H2,(H,20,22)(H2,19,21,23). The van der Waals surface area contributed by atoms with Gasteiger partial charge in [0, 0.05) is 25.2 Å². The highest BCUT2D eigenvalue weighted by molar-refractivity contribution is 5.76. The second-order valence-corrected chi connectivity index (χ2v) is 5.94. The second kappa shape index (κ2) is 9.82. The number of pyridine rings is 1. The molecule has 0 bridgehead atoms. The summed E-state index contributed by atoms with van der Waals surface area (Å²) >= 11 is 0. The molecule has 0 aliphatic heterocycles. The van der Waals surface area contributed by atoms with Gasteiger partial charge in [0.05, 0.1) is 12.2 Å². The summed E-state index contributed by atoms with van der Waals surface area (Å²) < 4.78 is 0. The fourth-order valence-electron chi connectivity index (χ4n) is 2.71. The van der Waals surface area contributed by atoms with Crippen molar-refractivity contribution in [3.63, 3.8) is 0 Å². The van der Waals surface area contributed by atoms with Gasteiger partial charge in [-0.15, -0.1) is 0 Å². The molecule has 0 radical (unpaired) electrons. The fraction of sp³-hybridized carbons (Fsp3) is 0.588. The van der Waals surface area contributed by atoms with E-state index in [0.29, 0.717) is 32.0 Å². The molecule has 0 unspecified atom stereocenters. The summed E-state index contributed by atoms with van der Waals surface area (Å²) in [5, 5.41) is 8.63. The van der Waals surface area contributed by atoms with Gasteiger partial charge in [-0.1, -0.05) is 25.3 Å². The minimum Gasteiger partial charge on any atom is -0.350 e. The van der Waals surface area contributed by atoms with Gasteiger partial charge in [-0.2, -0.15) is 0 Å². The first-order valence-electron chi connectivity index (χ1n) is 8.45. The number of carbonyl (C=O) groups is 2. The van der Waals surface area contributed by atoms with Crippen molar-refractivity contribution in [2.45, 2.75) is 57.5 Å². The highest BCUT2D eigenvalue weighted by Gasteiger charge is 2.15. The zero-order chi connectivity index (χ0) is 16.3. The van der Waals surface area contributed by atoms with Crippen LogP contribution < -0.4 is 16.0 Å². The molecule has 1 aromatic rings. The van der Waals surface area contributed by atoms with Crippen molar-refractivity contribution in [3.8, 4) is 0 Å². The van der Waals surface area contributed by atoms with Crippen LogP contribution >= 0.6 is 0 Å². The highest BCUT2D eigenvalue weighted by Crippen LogP contribution is 2.17. The molecule has 1 saturated carbocycles. The predicted molar refractivity (Wildman–Crippen MR) is 88.7 cm³/mol. The number of rotatable bonds is 7. The largest absolute Gasteiger partial charge is 0.350 e. The molecule has 0 aromatic carbocycles. The van der Waals surface area contributed by atoms with Crippen LogP contribution in [-0.2, 0) is 11.3 Å². The fourth-order valence-corrected chi connectivity index (χ4v) is 2.71. The third-order valence-electron chi connectivity index (χ3n) is 4.00. The summed E-state index contributed by atoms with van der Waals surface area (Å²) in [5.74, 6) is -0.0230. The molecule has 126 valence electrons. The summed E-state index contributed by atoms with van der Waals surface area (Å²) in [7, 11) is 0.